The van der Waals surface area contributed by atoms with E-state index in [-0.39, 0.29) is 17.2 Å². The number of para-hydroxylation sites is 2. The van der Waals surface area contributed by atoms with Gasteiger partial charge < -0.3 is 5.32 Å². The second-order valence-electron chi connectivity index (χ2n) is 7.94. The number of hydrogen-bond donors (Lipinski definition) is 1. The number of rotatable bonds is 9. The van der Waals surface area contributed by atoms with Gasteiger partial charge in [-0.2, -0.15) is 0 Å². The zero-order chi connectivity index (χ0) is 23.4. The Kier molecular flexibility index (Phi) is 7.13. The minimum Gasteiger partial charge on any atom is -0.325 e. The molecule has 2 aromatic carbocycles. The van der Waals surface area contributed by atoms with E-state index in [9.17, 15) is 9.59 Å². The first kappa shape index (κ1) is 23.0. The average molecular weight is 464 g/mol. The Balaban J connectivity index is 1.65. The molecule has 8 heteroatoms. The zero-order valence-corrected chi connectivity index (χ0v) is 20.1. The highest BCUT2D eigenvalue weighted by atomic mass is 32.2. The molecule has 33 heavy (non-hydrogen) atoms. The van der Waals surface area contributed by atoms with E-state index in [1.807, 2.05) is 34.7 Å². The average Bonchev–Trinajstić information content (AvgIpc) is 3.27. The first-order valence-electron chi connectivity index (χ1n) is 11.5. The van der Waals surface area contributed by atoms with E-state index in [1.165, 1.54) is 11.8 Å². The number of amides is 1. The minimum absolute atomic E-state index is 0.0588. The quantitative estimate of drug-likeness (QED) is 0.364. The molecular formula is C25H29N5O2S. The van der Waals surface area contributed by atoms with Crippen molar-refractivity contribution in [3.8, 4) is 0 Å². The third-order valence-corrected chi connectivity index (χ3v) is 6.74. The lowest BCUT2D eigenvalue weighted by Crippen LogP contribution is -2.23. The number of carbonyl (C=O) groups is 1. The normalized spacial score (nSPS) is 11.4. The standard InChI is InChI=1S/C25H29N5O2S/c1-4-7-15-29-23(32)19-13-8-9-14-20(19)30-24(29)27-28-25(30)33-16-21(31)26-22-17(5-2)11-10-12-18(22)6-3/h8-14H,4-7,15-16H2,1-3H3,(H,26,31). The Morgan fingerprint density at radius 3 is 2.42 bits per heavy atom. The van der Waals surface area contributed by atoms with Gasteiger partial charge in [0.25, 0.3) is 5.56 Å². The van der Waals surface area contributed by atoms with Crippen LogP contribution in [0.1, 0.15) is 44.7 Å². The van der Waals surface area contributed by atoms with Crippen molar-refractivity contribution in [3.05, 3.63) is 63.9 Å². The summed E-state index contributed by atoms with van der Waals surface area (Å²) in [5.41, 5.74) is 3.87. The first-order chi connectivity index (χ1) is 16.1. The van der Waals surface area contributed by atoms with Crippen LogP contribution in [0.25, 0.3) is 16.7 Å². The molecule has 0 aliphatic heterocycles. The van der Waals surface area contributed by atoms with Crippen LogP contribution in [0.5, 0.6) is 0 Å². The number of thioether (sulfide) groups is 1. The highest BCUT2D eigenvalue weighted by Gasteiger charge is 2.18. The minimum atomic E-state index is -0.0871. The summed E-state index contributed by atoms with van der Waals surface area (Å²) < 4.78 is 3.58. The molecule has 0 aliphatic rings. The van der Waals surface area contributed by atoms with Gasteiger partial charge in [-0.3, -0.25) is 18.6 Å². The lowest BCUT2D eigenvalue weighted by molar-refractivity contribution is -0.113. The van der Waals surface area contributed by atoms with Gasteiger partial charge in [-0.05, 0) is 42.5 Å². The Morgan fingerprint density at radius 2 is 1.73 bits per heavy atom. The monoisotopic (exact) mass is 463 g/mol. The molecule has 1 amide bonds. The summed E-state index contributed by atoms with van der Waals surface area (Å²) in [6, 6.07) is 13.6. The molecular weight excluding hydrogens is 434 g/mol. The second-order valence-corrected chi connectivity index (χ2v) is 8.88. The van der Waals surface area contributed by atoms with Crippen LogP contribution in [-0.2, 0) is 24.2 Å². The number of fused-ring (bicyclic) bond motifs is 3. The molecule has 7 nitrogen and oxygen atoms in total. The van der Waals surface area contributed by atoms with Crippen molar-refractivity contribution in [3.63, 3.8) is 0 Å². The number of aryl methyl sites for hydroxylation is 3. The largest absolute Gasteiger partial charge is 0.325 e. The van der Waals surface area contributed by atoms with E-state index in [1.54, 1.807) is 4.57 Å². The summed E-state index contributed by atoms with van der Waals surface area (Å²) in [4.78, 5) is 25.9. The van der Waals surface area contributed by atoms with Crippen LogP contribution in [0.15, 0.2) is 52.4 Å². The van der Waals surface area contributed by atoms with E-state index in [0.29, 0.717) is 22.9 Å². The van der Waals surface area contributed by atoms with Crippen LogP contribution < -0.4 is 10.9 Å². The van der Waals surface area contributed by atoms with Gasteiger partial charge in [0.2, 0.25) is 11.7 Å². The Labute approximate surface area is 197 Å². The number of benzene rings is 2. The molecule has 0 radical (unpaired) electrons. The van der Waals surface area contributed by atoms with Gasteiger partial charge in [0, 0.05) is 12.2 Å². The third-order valence-electron chi connectivity index (χ3n) is 5.81. The molecule has 0 aliphatic carbocycles. The van der Waals surface area contributed by atoms with Gasteiger partial charge >= 0.3 is 0 Å². The van der Waals surface area contributed by atoms with Crippen LogP contribution in [0.3, 0.4) is 0 Å². The number of unbranched alkanes of at least 4 members (excludes halogenated alkanes) is 1. The maximum atomic E-state index is 13.1. The van der Waals surface area contributed by atoms with E-state index in [4.69, 9.17) is 0 Å². The van der Waals surface area contributed by atoms with Crippen molar-refractivity contribution in [1.82, 2.24) is 19.2 Å². The molecule has 0 spiro atoms. The fourth-order valence-electron chi connectivity index (χ4n) is 4.05. The van der Waals surface area contributed by atoms with Crippen LogP contribution >= 0.6 is 11.8 Å². The summed E-state index contributed by atoms with van der Waals surface area (Å²) in [6.07, 6.45) is 3.56. The van der Waals surface area contributed by atoms with Crippen LogP contribution in [0, 0.1) is 0 Å². The SMILES string of the molecule is CCCCn1c(=O)c2ccccc2n2c(SCC(=O)Nc3c(CC)cccc3CC)nnc12. The summed E-state index contributed by atoms with van der Waals surface area (Å²) in [7, 11) is 0. The zero-order valence-electron chi connectivity index (χ0n) is 19.3. The van der Waals surface area contributed by atoms with E-state index < -0.39 is 0 Å². The number of carbonyl (C=O) groups excluding carboxylic acids is 1. The smallest absolute Gasteiger partial charge is 0.262 e. The molecule has 1 N–H and O–H groups in total. The lowest BCUT2D eigenvalue weighted by Gasteiger charge is -2.14. The predicted molar refractivity (Wildman–Crippen MR) is 134 cm³/mol. The van der Waals surface area contributed by atoms with Gasteiger partial charge in [0.15, 0.2) is 5.16 Å². The maximum Gasteiger partial charge on any atom is 0.262 e. The van der Waals surface area contributed by atoms with E-state index >= 15 is 0 Å². The predicted octanol–water partition coefficient (Wildman–Crippen LogP) is 4.70. The maximum absolute atomic E-state index is 13.1. The molecule has 0 bridgehead atoms. The topological polar surface area (TPSA) is 81.3 Å². The third kappa shape index (κ3) is 4.53. The first-order valence-corrected chi connectivity index (χ1v) is 12.5. The molecule has 4 rings (SSSR count). The number of aromatic nitrogens is 4. The molecule has 0 saturated heterocycles. The molecule has 0 atom stereocenters. The highest BCUT2D eigenvalue weighted by molar-refractivity contribution is 7.99. The Bertz CT molecular complexity index is 1340. The summed E-state index contributed by atoms with van der Waals surface area (Å²) in [6.45, 7) is 6.85. The van der Waals surface area contributed by atoms with Gasteiger partial charge in [-0.1, -0.05) is 69.3 Å². The van der Waals surface area contributed by atoms with Crippen LogP contribution in [-0.4, -0.2) is 30.8 Å². The second kappa shape index (κ2) is 10.2. The molecule has 2 aromatic heterocycles. The fourth-order valence-corrected chi connectivity index (χ4v) is 4.79. The number of nitrogens with zero attached hydrogens (tertiary/aromatic N) is 4. The van der Waals surface area contributed by atoms with Crippen molar-refractivity contribution in [2.45, 2.75) is 58.2 Å². The van der Waals surface area contributed by atoms with Crippen molar-refractivity contribution in [2.75, 3.05) is 11.1 Å². The highest BCUT2D eigenvalue weighted by Crippen LogP contribution is 2.25. The van der Waals surface area contributed by atoms with Crippen molar-refractivity contribution >= 4 is 40.0 Å². The van der Waals surface area contributed by atoms with E-state index in [0.717, 1.165) is 48.0 Å². The number of hydrogen-bond acceptors (Lipinski definition) is 5. The Morgan fingerprint density at radius 1 is 1.00 bits per heavy atom. The fraction of sp³-hybridized carbons (Fsp3) is 0.360. The molecule has 4 aromatic rings. The van der Waals surface area contributed by atoms with E-state index in [2.05, 4.69) is 48.4 Å². The summed E-state index contributed by atoms with van der Waals surface area (Å²) >= 11 is 1.33. The van der Waals surface area contributed by atoms with Gasteiger partial charge in [-0.15, -0.1) is 10.2 Å². The molecule has 172 valence electrons. The van der Waals surface area contributed by atoms with Crippen molar-refractivity contribution in [2.24, 2.45) is 0 Å². The summed E-state index contributed by atoms with van der Waals surface area (Å²) in [5, 5.41) is 13.0. The van der Waals surface area contributed by atoms with Crippen molar-refractivity contribution < 1.29 is 4.79 Å². The van der Waals surface area contributed by atoms with Gasteiger partial charge in [0.05, 0.1) is 16.7 Å². The molecule has 0 fully saturated rings. The molecule has 2 heterocycles. The summed E-state index contributed by atoms with van der Waals surface area (Å²) in [5.74, 6) is 0.625. The van der Waals surface area contributed by atoms with Crippen molar-refractivity contribution in [1.29, 1.82) is 0 Å². The van der Waals surface area contributed by atoms with Crippen LogP contribution in [0.4, 0.5) is 5.69 Å². The number of nitrogens with one attached hydrogen (secondary N) is 1. The van der Waals surface area contributed by atoms with Crippen LogP contribution in [0.2, 0.25) is 0 Å². The van der Waals surface area contributed by atoms with Gasteiger partial charge in [-0.25, -0.2) is 0 Å². The molecule has 0 unspecified atom stereocenters. The van der Waals surface area contributed by atoms with Gasteiger partial charge in [0.1, 0.15) is 0 Å². The molecule has 0 saturated carbocycles. The Hall–Kier alpha value is -3.13. The lowest BCUT2D eigenvalue weighted by atomic mass is 10.0. The number of anilines is 1.